The number of hydrogen-bond donors (Lipinski definition) is 3. The first-order valence-electron chi connectivity index (χ1n) is 9.97. The molecule has 0 amide bonds. The summed E-state index contributed by atoms with van der Waals surface area (Å²) in [6, 6.07) is 2.15. The number of aliphatic imine (C=N–C) groups is 1. The van der Waals surface area contributed by atoms with Gasteiger partial charge in [-0.05, 0) is 37.3 Å². The molecule has 3 rings (SSSR count). The molecule has 4 N–H and O–H groups in total. The standard InChI is InChI=1S/C22H31N5/c1-4-7-8-11-16-14-18(25-15-16)19-20-21(23)24-12-13-27(20)22(26-19)17(9-5-2)10-6-3/h4,7-8,11-15,17,22,25-26H,5-6,9-10H2,1-3H3,(H2,23,24)/b7-4-,11-8-. The molecular weight excluding hydrogens is 334 g/mol. The van der Waals surface area contributed by atoms with Gasteiger partial charge in [-0.3, -0.25) is 0 Å². The van der Waals surface area contributed by atoms with Crippen molar-refractivity contribution in [2.45, 2.75) is 52.6 Å². The molecule has 2 aliphatic heterocycles. The second kappa shape index (κ2) is 8.80. The lowest BCUT2D eigenvalue weighted by atomic mass is 9.94. The highest BCUT2D eigenvalue weighted by Crippen LogP contribution is 2.35. The minimum absolute atomic E-state index is 0.213. The Balaban J connectivity index is 1.92. The number of aromatic amines is 1. The van der Waals surface area contributed by atoms with Crippen LogP contribution in [0.4, 0.5) is 0 Å². The number of H-pyrrole nitrogens is 1. The molecule has 0 saturated carbocycles. The zero-order valence-electron chi connectivity index (χ0n) is 16.6. The minimum Gasteiger partial charge on any atom is -0.382 e. The van der Waals surface area contributed by atoms with Crippen LogP contribution >= 0.6 is 0 Å². The molecule has 0 aliphatic carbocycles. The van der Waals surface area contributed by atoms with E-state index >= 15 is 0 Å². The monoisotopic (exact) mass is 365 g/mol. The van der Waals surface area contributed by atoms with Gasteiger partial charge in [0.05, 0.1) is 11.4 Å². The smallest absolute Gasteiger partial charge is 0.149 e. The molecule has 3 heterocycles. The largest absolute Gasteiger partial charge is 0.382 e. The molecule has 5 heteroatoms. The molecule has 2 aliphatic rings. The number of nitrogens with two attached hydrogens (primary N) is 1. The zero-order valence-corrected chi connectivity index (χ0v) is 16.6. The van der Waals surface area contributed by atoms with Crippen molar-refractivity contribution in [2.75, 3.05) is 0 Å². The van der Waals surface area contributed by atoms with E-state index in [-0.39, 0.29) is 6.17 Å². The van der Waals surface area contributed by atoms with E-state index in [9.17, 15) is 0 Å². The molecule has 5 nitrogen and oxygen atoms in total. The molecule has 0 spiro atoms. The van der Waals surface area contributed by atoms with Gasteiger partial charge in [0.25, 0.3) is 0 Å². The van der Waals surface area contributed by atoms with Crippen molar-refractivity contribution in [3.63, 3.8) is 0 Å². The van der Waals surface area contributed by atoms with Crippen LogP contribution in [-0.2, 0) is 0 Å². The first-order valence-corrected chi connectivity index (χ1v) is 9.97. The van der Waals surface area contributed by atoms with E-state index in [1.165, 1.54) is 25.7 Å². The van der Waals surface area contributed by atoms with Crippen molar-refractivity contribution in [3.8, 4) is 0 Å². The van der Waals surface area contributed by atoms with E-state index in [1.807, 2.05) is 37.5 Å². The maximum atomic E-state index is 6.29. The highest BCUT2D eigenvalue weighted by Gasteiger charge is 2.38. The summed E-state index contributed by atoms with van der Waals surface area (Å²) in [7, 11) is 0. The molecular formula is C22H31N5. The Labute approximate surface area is 162 Å². The summed E-state index contributed by atoms with van der Waals surface area (Å²) >= 11 is 0. The zero-order chi connectivity index (χ0) is 19.2. The third-order valence-corrected chi connectivity index (χ3v) is 5.10. The van der Waals surface area contributed by atoms with Gasteiger partial charge in [0.15, 0.2) is 0 Å². The summed E-state index contributed by atoms with van der Waals surface area (Å²) < 4.78 is 0. The first kappa shape index (κ1) is 19.1. The number of nitrogens with one attached hydrogen (secondary N) is 2. The highest BCUT2D eigenvalue weighted by atomic mass is 15.4. The van der Waals surface area contributed by atoms with Gasteiger partial charge in [0, 0.05) is 18.6 Å². The topological polar surface area (TPSA) is 69.4 Å². The average molecular weight is 366 g/mol. The quantitative estimate of drug-likeness (QED) is 0.591. The summed E-state index contributed by atoms with van der Waals surface area (Å²) in [5.41, 5.74) is 10.5. The maximum absolute atomic E-state index is 6.29. The average Bonchev–Trinajstić information content (AvgIpc) is 3.27. The molecule has 144 valence electrons. The third-order valence-electron chi connectivity index (χ3n) is 5.10. The first-order chi connectivity index (χ1) is 13.2. The van der Waals surface area contributed by atoms with Crippen LogP contribution in [0.3, 0.4) is 0 Å². The number of amidine groups is 1. The fourth-order valence-electron chi connectivity index (χ4n) is 3.91. The van der Waals surface area contributed by atoms with Crippen molar-refractivity contribution in [3.05, 3.63) is 59.8 Å². The molecule has 0 saturated heterocycles. The van der Waals surface area contributed by atoms with Crippen molar-refractivity contribution < 1.29 is 0 Å². The lowest BCUT2D eigenvalue weighted by Gasteiger charge is -2.33. The molecule has 27 heavy (non-hydrogen) atoms. The van der Waals surface area contributed by atoms with Gasteiger partial charge in [-0.2, -0.15) is 0 Å². The molecule has 0 bridgehead atoms. The van der Waals surface area contributed by atoms with Gasteiger partial charge in [0.2, 0.25) is 0 Å². The van der Waals surface area contributed by atoms with Crippen LogP contribution < -0.4 is 11.1 Å². The summed E-state index contributed by atoms with van der Waals surface area (Å²) in [6.45, 7) is 6.52. The van der Waals surface area contributed by atoms with Crippen LogP contribution in [0.15, 0.2) is 53.6 Å². The predicted molar refractivity (Wildman–Crippen MR) is 114 cm³/mol. The lowest BCUT2D eigenvalue weighted by molar-refractivity contribution is 0.221. The predicted octanol–water partition coefficient (Wildman–Crippen LogP) is 4.56. The van der Waals surface area contributed by atoms with E-state index in [4.69, 9.17) is 5.73 Å². The fourth-order valence-corrected chi connectivity index (χ4v) is 3.91. The molecule has 0 radical (unpaired) electrons. The lowest BCUT2D eigenvalue weighted by Crippen LogP contribution is -2.43. The number of fused-ring (bicyclic) bond motifs is 1. The number of hydrogen-bond acceptors (Lipinski definition) is 4. The Hall–Kier alpha value is -2.69. The summed E-state index contributed by atoms with van der Waals surface area (Å²) in [5.74, 6) is 1.13. The van der Waals surface area contributed by atoms with Crippen molar-refractivity contribution in [1.82, 2.24) is 15.2 Å². The fraction of sp³-hybridized carbons (Fsp3) is 0.409. The number of allylic oxidation sites excluding steroid dienone is 3. The summed E-state index contributed by atoms with van der Waals surface area (Å²) in [5, 5.41) is 3.75. The summed E-state index contributed by atoms with van der Waals surface area (Å²) in [4.78, 5) is 10.0. The third kappa shape index (κ3) is 4.02. The summed E-state index contributed by atoms with van der Waals surface area (Å²) in [6.07, 6.45) is 19.0. The van der Waals surface area contributed by atoms with Crippen LogP contribution in [0, 0.1) is 5.92 Å². The second-order valence-corrected chi connectivity index (χ2v) is 7.10. The Bertz CT molecular complexity index is 787. The van der Waals surface area contributed by atoms with Gasteiger partial charge in [-0.25, -0.2) is 4.99 Å². The van der Waals surface area contributed by atoms with Crippen LogP contribution in [-0.4, -0.2) is 21.9 Å². The van der Waals surface area contributed by atoms with Gasteiger partial charge < -0.3 is 20.9 Å². The van der Waals surface area contributed by atoms with Gasteiger partial charge in [-0.1, -0.05) is 51.0 Å². The maximum Gasteiger partial charge on any atom is 0.149 e. The van der Waals surface area contributed by atoms with E-state index in [1.54, 1.807) is 6.20 Å². The van der Waals surface area contributed by atoms with E-state index in [0.29, 0.717) is 11.8 Å². The van der Waals surface area contributed by atoms with Gasteiger partial charge in [-0.15, -0.1) is 0 Å². The van der Waals surface area contributed by atoms with E-state index in [2.05, 4.69) is 46.2 Å². The van der Waals surface area contributed by atoms with E-state index < -0.39 is 0 Å². The Kier molecular flexibility index (Phi) is 6.22. The van der Waals surface area contributed by atoms with Crippen LogP contribution in [0.2, 0.25) is 0 Å². The molecule has 1 atom stereocenters. The number of rotatable bonds is 8. The molecule has 0 fully saturated rings. The normalized spacial score (nSPS) is 19.5. The van der Waals surface area contributed by atoms with Crippen molar-refractivity contribution in [1.29, 1.82) is 0 Å². The SMILES string of the molecule is C/C=C\C=C/c1c[nH]c(C2=C3C(N)=NC=CN3C(C(CCC)CCC)N2)c1. The Morgan fingerprint density at radius 3 is 2.74 bits per heavy atom. The number of aromatic nitrogens is 1. The van der Waals surface area contributed by atoms with Crippen molar-refractivity contribution >= 4 is 17.6 Å². The van der Waals surface area contributed by atoms with Gasteiger partial charge >= 0.3 is 0 Å². The van der Waals surface area contributed by atoms with Crippen molar-refractivity contribution in [2.24, 2.45) is 16.6 Å². The molecule has 0 aromatic carbocycles. The van der Waals surface area contributed by atoms with Crippen LogP contribution in [0.25, 0.3) is 11.8 Å². The minimum atomic E-state index is 0.213. The van der Waals surface area contributed by atoms with Crippen LogP contribution in [0.1, 0.15) is 57.7 Å². The molecule has 1 aromatic heterocycles. The Morgan fingerprint density at radius 1 is 1.26 bits per heavy atom. The van der Waals surface area contributed by atoms with Crippen LogP contribution in [0.5, 0.6) is 0 Å². The molecule has 1 aromatic rings. The highest BCUT2D eigenvalue weighted by molar-refractivity contribution is 6.04. The number of nitrogens with zero attached hydrogens (tertiary/aromatic N) is 2. The van der Waals surface area contributed by atoms with E-state index in [0.717, 1.165) is 22.7 Å². The second-order valence-electron chi connectivity index (χ2n) is 7.10. The van der Waals surface area contributed by atoms with Gasteiger partial charge in [0.1, 0.15) is 17.7 Å². The molecule has 1 unspecified atom stereocenters. The Morgan fingerprint density at radius 2 is 2.04 bits per heavy atom.